The Hall–Kier alpha value is -2.34. The van der Waals surface area contributed by atoms with Gasteiger partial charge in [0.2, 0.25) is 0 Å². The zero-order valence-corrected chi connectivity index (χ0v) is 23.0. The maximum absolute atomic E-state index is 13.8. The number of ether oxygens (including phenoxy) is 1. The van der Waals surface area contributed by atoms with Crippen molar-refractivity contribution in [2.45, 2.75) is 85.0 Å². The first-order chi connectivity index (χ1) is 17.6. The first-order valence-corrected chi connectivity index (χ1v) is 13.2. The van der Waals surface area contributed by atoms with Crippen molar-refractivity contribution in [1.29, 1.82) is 0 Å². The molecule has 0 saturated carbocycles. The average Bonchev–Trinajstić information content (AvgIpc) is 3.29. The fourth-order valence-corrected chi connectivity index (χ4v) is 4.80. The lowest BCUT2D eigenvalue weighted by Crippen LogP contribution is -2.45. The van der Waals surface area contributed by atoms with Crippen molar-refractivity contribution in [3.8, 4) is 0 Å². The summed E-state index contributed by atoms with van der Waals surface area (Å²) >= 11 is 1.21. The Labute approximate surface area is 224 Å². The molecule has 1 aromatic heterocycles. The summed E-state index contributed by atoms with van der Waals surface area (Å²) in [4.78, 5) is 30.1. The fourth-order valence-electron chi connectivity index (χ4n) is 4.19. The predicted octanol–water partition coefficient (Wildman–Crippen LogP) is 4.77. The average molecular weight is 560 g/mol. The van der Waals surface area contributed by atoms with Crippen LogP contribution in [0.3, 0.4) is 0 Å². The van der Waals surface area contributed by atoms with Crippen molar-refractivity contribution >= 4 is 29.2 Å². The molecular weight excluding hydrogens is 523 g/mol. The van der Waals surface area contributed by atoms with Crippen LogP contribution in [-0.2, 0) is 20.9 Å². The molecule has 2 rings (SSSR count). The minimum atomic E-state index is -4.64. The van der Waals surface area contributed by atoms with Gasteiger partial charge in [-0.2, -0.15) is 13.2 Å². The lowest BCUT2D eigenvalue weighted by atomic mass is 9.73. The Kier molecular flexibility index (Phi) is 11.0. The third kappa shape index (κ3) is 8.33. The van der Waals surface area contributed by atoms with E-state index in [0.29, 0.717) is 16.3 Å². The van der Waals surface area contributed by atoms with Crippen molar-refractivity contribution in [1.82, 2.24) is 4.98 Å². The van der Waals surface area contributed by atoms with Crippen molar-refractivity contribution in [2.75, 3.05) is 0 Å². The predicted molar refractivity (Wildman–Crippen MR) is 138 cm³/mol. The van der Waals surface area contributed by atoms with Crippen LogP contribution < -0.4 is 0 Å². The van der Waals surface area contributed by atoms with E-state index in [9.17, 15) is 38.1 Å². The van der Waals surface area contributed by atoms with Crippen LogP contribution in [0.1, 0.15) is 64.6 Å². The summed E-state index contributed by atoms with van der Waals surface area (Å²) in [6.45, 7) is 7.35. The number of cyclic esters (lactones) is 1. The van der Waals surface area contributed by atoms with Crippen LogP contribution >= 0.6 is 11.3 Å². The summed E-state index contributed by atoms with van der Waals surface area (Å²) < 4.78 is 46.8. The van der Waals surface area contributed by atoms with Gasteiger partial charge in [0.15, 0.2) is 0 Å². The van der Waals surface area contributed by atoms with Gasteiger partial charge in [-0.3, -0.25) is 9.59 Å². The second-order valence-corrected chi connectivity index (χ2v) is 11.2. The molecule has 2 heterocycles. The van der Waals surface area contributed by atoms with Gasteiger partial charge in [-0.25, -0.2) is 4.98 Å². The third-order valence-corrected chi connectivity index (χ3v) is 7.73. The number of alkyl halides is 3. The van der Waals surface area contributed by atoms with Crippen LogP contribution in [0.2, 0.25) is 0 Å². The number of carbonyl (C=O) groups excluding carboxylic acids is 2. The second kappa shape index (κ2) is 13.1. The van der Waals surface area contributed by atoms with Gasteiger partial charge in [-0.1, -0.05) is 45.9 Å². The number of ketones is 1. The van der Waals surface area contributed by atoms with Crippen LogP contribution in [0.5, 0.6) is 0 Å². The van der Waals surface area contributed by atoms with Crippen LogP contribution in [0.15, 0.2) is 34.8 Å². The Balaban J connectivity index is 2.50. The number of nitrogens with zero attached hydrogens (tertiary/aromatic N) is 1. The zero-order valence-electron chi connectivity index (χ0n) is 22.2. The molecule has 0 radical (unpaired) electrons. The molecule has 3 N–H and O–H groups in total. The highest BCUT2D eigenvalue weighted by atomic mass is 32.1. The maximum Gasteiger partial charge on any atom is 0.412 e. The number of aliphatic hydroxyl groups excluding tert-OH is 3. The molecule has 11 heteroatoms. The number of carbonyl (C=O) groups is 2. The number of aromatic nitrogens is 1. The lowest BCUT2D eigenvalue weighted by Gasteiger charge is -2.34. The molecule has 1 unspecified atom stereocenters. The highest BCUT2D eigenvalue weighted by Crippen LogP contribution is 2.33. The summed E-state index contributed by atoms with van der Waals surface area (Å²) in [5, 5.41) is 32.8. The van der Waals surface area contributed by atoms with Crippen LogP contribution in [0.4, 0.5) is 13.2 Å². The summed E-state index contributed by atoms with van der Waals surface area (Å²) in [5.74, 6) is -2.94. The summed E-state index contributed by atoms with van der Waals surface area (Å²) in [7, 11) is 0. The Bertz CT molecular complexity index is 1080. The standard InChI is InChI=1S/C27H36F3NO6S/c1-15-7-6-8-18(27(28,29)30)9-10-20(16(2)11-19-14-38-22(13-32)31-19)37-23(34)12-21(33)26(4,5)25(36)17(3)24(15)35/h6-7,9,11,14-15,17,20-21,24,32-33,35H,8,10,12-13H2,1-5H3/b7-6+,16-11+,18-9+/t15-,17+,20-,21-,24?/m0/s1. The van der Waals surface area contributed by atoms with E-state index in [4.69, 9.17) is 4.74 Å². The molecule has 0 saturated heterocycles. The van der Waals surface area contributed by atoms with Gasteiger partial charge in [0.25, 0.3) is 0 Å². The number of aliphatic hydroxyl groups is 3. The van der Waals surface area contributed by atoms with Gasteiger partial charge in [-0.05, 0) is 25.0 Å². The third-order valence-electron chi connectivity index (χ3n) is 6.87. The fraction of sp³-hybridized carbons (Fsp3) is 0.593. The minimum absolute atomic E-state index is 0.262. The van der Waals surface area contributed by atoms with Crippen LogP contribution in [0, 0.1) is 17.3 Å². The van der Waals surface area contributed by atoms with E-state index >= 15 is 0 Å². The lowest BCUT2D eigenvalue weighted by molar-refractivity contribution is -0.154. The van der Waals surface area contributed by atoms with E-state index < -0.39 is 71.9 Å². The molecule has 1 aliphatic heterocycles. The van der Waals surface area contributed by atoms with E-state index in [1.165, 1.54) is 44.3 Å². The molecule has 38 heavy (non-hydrogen) atoms. The Morgan fingerprint density at radius 3 is 2.50 bits per heavy atom. The van der Waals surface area contributed by atoms with Crippen LogP contribution in [-0.4, -0.2) is 56.5 Å². The number of halogens is 3. The van der Waals surface area contributed by atoms with Crippen molar-refractivity contribution in [3.63, 3.8) is 0 Å². The van der Waals surface area contributed by atoms with Gasteiger partial charge in [0.1, 0.15) is 16.9 Å². The minimum Gasteiger partial charge on any atom is -0.457 e. The maximum atomic E-state index is 13.8. The molecule has 1 aromatic rings. The first kappa shape index (κ1) is 31.9. The van der Waals surface area contributed by atoms with E-state index in [-0.39, 0.29) is 13.0 Å². The largest absolute Gasteiger partial charge is 0.457 e. The molecule has 0 spiro atoms. The van der Waals surface area contributed by atoms with Crippen molar-refractivity contribution in [3.05, 3.63) is 45.5 Å². The number of hydrogen-bond acceptors (Lipinski definition) is 8. The SMILES string of the molecule is C/C(=C\c1csc(CO)n1)[C@@H]1C/C=C(/C(F)(F)F)C/C=C/[C@H](C)C(O)[C@@H](C)C(=O)C(C)(C)[C@@H](O)CC(=O)O1. The van der Waals surface area contributed by atoms with Crippen molar-refractivity contribution < 1.29 is 42.8 Å². The molecule has 0 amide bonds. The second-order valence-electron chi connectivity index (χ2n) is 10.2. The number of Topliss-reactive ketones (excluding diaryl/α,β-unsaturated/α-hetero) is 1. The molecule has 1 aliphatic rings. The number of allylic oxidation sites excluding steroid dienone is 2. The Morgan fingerprint density at radius 1 is 1.26 bits per heavy atom. The van der Waals surface area contributed by atoms with Gasteiger partial charge in [0, 0.05) is 29.2 Å². The number of rotatable bonds is 3. The normalized spacial score (nSPS) is 30.9. The Morgan fingerprint density at radius 2 is 1.92 bits per heavy atom. The van der Waals surface area contributed by atoms with E-state index in [0.717, 1.165) is 6.08 Å². The highest BCUT2D eigenvalue weighted by Gasteiger charge is 2.42. The van der Waals surface area contributed by atoms with Gasteiger partial charge in [0.05, 0.1) is 36.3 Å². The molecule has 0 aromatic carbocycles. The monoisotopic (exact) mass is 559 g/mol. The molecule has 0 bridgehead atoms. The number of thiazole rings is 1. The number of hydrogen-bond donors (Lipinski definition) is 3. The molecule has 0 fully saturated rings. The number of esters is 1. The summed E-state index contributed by atoms with van der Waals surface area (Å²) in [5.41, 5.74) is -1.38. The quantitative estimate of drug-likeness (QED) is 0.361. The molecule has 7 nitrogen and oxygen atoms in total. The summed E-state index contributed by atoms with van der Waals surface area (Å²) in [6.07, 6.45) is -4.45. The van der Waals surface area contributed by atoms with Gasteiger partial charge < -0.3 is 20.1 Å². The topological polar surface area (TPSA) is 117 Å². The van der Waals surface area contributed by atoms with E-state index in [2.05, 4.69) is 4.98 Å². The molecular formula is C27H36F3NO6S. The van der Waals surface area contributed by atoms with Gasteiger partial charge >= 0.3 is 12.1 Å². The van der Waals surface area contributed by atoms with Gasteiger partial charge in [-0.15, -0.1) is 11.3 Å². The summed E-state index contributed by atoms with van der Waals surface area (Å²) in [6, 6.07) is 0. The van der Waals surface area contributed by atoms with E-state index in [1.54, 1.807) is 25.3 Å². The van der Waals surface area contributed by atoms with E-state index in [1.807, 2.05) is 0 Å². The molecule has 5 atom stereocenters. The van der Waals surface area contributed by atoms with Crippen molar-refractivity contribution in [2.24, 2.45) is 17.3 Å². The molecule has 0 aliphatic carbocycles. The molecule has 212 valence electrons. The first-order valence-electron chi connectivity index (χ1n) is 12.3. The zero-order chi connectivity index (χ0) is 28.8. The van der Waals surface area contributed by atoms with Crippen LogP contribution in [0.25, 0.3) is 6.08 Å². The smallest absolute Gasteiger partial charge is 0.412 e. The highest BCUT2D eigenvalue weighted by molar-refractivity contribution is 7.09.